The molecule has 0 spiro atoms. The van der Waals surface area contributed by atoms with Crippen LogP contribution in [0.1, 0.15) is 47.7 Å². The summed E-state index contributed by atoms with van der Waals surface area (Å²) >= 11 is 0. The van der Waals surface area contributed by atoms with Gasteiger partial charge in [-0.15, -0.1) is 0 Å². The SMILES string of the molecule is O=C(COc1ccc2c(c1)CCC2)N[C@@H]1CCCc2[nH]c(=O)ccc21. The van der Waals surface area contributed by atoms with Crippen LogP contribution < -0.4 is 15.6 Å². The molecule has 1 amide bonds. The molecule has 0 saturated carbocycles. The average molecular weight is 338 g/mol. The third-order valence-corrected chi connectivity index (χ3v) is 5.11. The first-order valence-corrected chi connectivity index (χ1v) is 8.95. The number of ether oxygens (including phenoxy) is 1. The maximum Gasteiger partial charge on any atom is 0.258 e. The van der Waals surface area contributed by atoms with Crippen molar-refractivity contribution in [3.8, 4) is 5.75 Å². The number of fused-ring (bicyclic) bond motifs is 2. The van der Waals surface area contributed by atoms with Crippen molar-refractivity contribution in [3.05, 3.63) is 63.1 Å². The molecule has 2 aromatic rings. The molecule has 0 unspecified atom stereocenters. The van der Waals surface area contributed by atoms with Crippen LogP contribution in [0.3, 0.4) is 0 Å². The van der Waals surface area contributed by atoms with Gasteiger partial charge in [-0.05, 0) is 73.4 Å². The van der Waals surface area contributed by atoms with E-state index in [0.29, 0.717) is 0 Å². The highest BCUT2D eigenvalue weighted by molar-refractivity contribution is 5.78. The highest BCUT2D eigenvalue weighted by Crippen LogP contribution is 2.28. The Hall–Kier alpha value is -2.56. The molecule has 25 heavy (non-hydrogen) atoms. The average Bonchev–Trinajstić information content (AvgIpc) is 3.07. The number of hydrogen-bond donors (Lipinski definition) is 2. The van der Waals surface area contributed by atoms with Gasteiger partial charge in [-0.25, -0.2) is 0 Å². The number of carbonyl (C=O) groups is 1. The molecule has 0 saturated heterocycles. The summed E-state index contributed by atoms with van der Waals surface area (Å²) in [6, 6.07) is 9.37. The number of aromatic nitrogens is 1. The van der Waals surface area contributed by atoms with E-state index >= 15 is 0 Å². The fourth-order valence-corrected chi connectivity index (χ4v) is 3.87. The summed E-state index contributed by atoms with van der Waals surface area (Å²) in [5.74, 6) is 0.619. The number of nitrogens with one attached hydrogen (secondary N) is 2. The van der Waals surface area contributed by atoms with E-state index in [2.05, 4.69) is 22.4 Å². The van der Waals surface area contributed by atoms with E-state index in [1.165, 1.54) is 23.6 Å². The summed E-state index contributed by atoms with van der Waals surface area (Å²) in [5.41, 5.74) is 4.58. The Labute approximate surface area is 146 Å². The van der Waals surface area contributed by atoms with Gasteiger partial charge in [-0.3, -0.25) is 9.59 Å². The molecule has 4 rings (SSSR count). The van der Waals surface area contributed by atoms with Gasteiger partial charge in [0.2, 0.25) is 5.56 Å². The van der Waals surface area contributed by atoms with Gasteiger partial charge in [0.25, 0.3) is 5.91 Å². The Morgan fingerprint density at radius 3 is 2.92 bits per heavy atom. The first-order valence-electron chi connectivity index (χ1n) is 8.95. The van der Waals surface area contributed by atoms with Crippen molar-refractivity contribution >= 4 is 5.91 Å². The molecule has 1 atom stereocenters. The fraction of sp³-hybridized carbons (Fsp3) is 0.400. The van der Waals surface area contributed by atoms with Crippen LogP contribution in [0.25, 0.3) is 0 Å². The number of H-pyrrole nitrogens is 1. The van der Waals surface area contributed by atoms with E-state index in [9.17, 15) is 9.59 Å². The highest BCUT2D eigenvalue weighted by atomic mass is 16.5. The monoisotopic (exact) mass is 338 g/mol. The number of carbonyl (C=O) groups excluding carboxylic acids is 1. The summed E-state index contributed by atoms with van der Waals surface area (Å²) in [6.45, 7) is 0.00791. The van der Waals surface area contributed by atoms with Gasteiger partial charge in [0.05, 0.1) is 6.04 Å². The zero-order valence-electron chi connectivity index (χ0n) is 14.1. The van der Waals surface area contributed by atoms with Crippen molar-refractivity contribution in [1.29, 1.82) is 0 Å². The smallest absolute Gasteiger partial charge is 0.258 e. The van der Waals surface area contributed by atoms with E-state index in [0.717, 1.165) is 49.1 Å². The first kappa shape index (κ1) is 15.9. The zero-order chi connectivity index (χ0) is 17.2. The summed E-state index contributed by atoms with van der Waals surface area (Å²) < 4.78 is 5.67. The lowest BCUT2D eigenvalue weighted by molar-refractivity contribution is -0.124. The van der Waals surface area contributed by atoms with E-state index in [4.69, 9.17) is 4.74 Å². The van der Waals surface area contributed by atoms with Crippen molar-refractivity contribution in [2.75, 3.05) is 6.61 Å². The quantitative estimate of drug-likeness (QED) is 0.899. The van der Waals surface area contributed by atoms with Crippen molar-refractivity contribution in [1.82, 2.24) is 10.3 Å². The summed E-state index contributed by atoms with van der Waals surface area (Å²) in [6.07, 6.45) is 6.11. The van der Waals surface area contributed by atoms with Crippen LogP contribution in [0.15, 0.2) is 35.1 Å². The van der Waals surface area contributed by atoms with Gasteiger partial charge in [0.1, 0.15) is 5.75 Å². The molecular weight excluding hydrogens is 316 g/mol. The first-order chi connectivity index (χ1) is 12.2. The number of benzene rings is 1. The second-order valence-corrected chi connectivity index (χ2v) is 6.84. The highest BCUT2D eigenvalue weighted by Gasteiger charge is 2.22. The lowest BCUT2D eigenvalue weighted by Crippen LogP contribution is -2.35. The lowest BCUT2D eigenvalue weighted by atomic mass is 9.91. The predicted molar refractivity (Wildman–Crippen MR) is 94.8 cm³/mol. The molecule has 0 fully saturated rings. The zero-order valence-corrected chi connectivity index (χ0v) is 14.1. The van der Waals surface area contributed by atoms with Gasteiger partial charge < -0.3 is 15.0 Å². The van der Waals surface area contributed by atoms with E-state index in [1.807, 2.05) is 12.1 Å². The molecule has 5 heteroatoms. The molecule has 1 aromatic heterocycles. The maximum atomic E-state index is 12.3. The van der Waals surface area contributed by atoms with Crippen LogP contribution in [0.5, 0.6) is 5.75 Å². The fourth-order valence-electron chi connectivity index (χ4n) is 3.87. The van der Waals surface area contributed by atoms with E-state index in [-0.39, 0.29) is 24.1 Å². The molecule has 0 aliphatic heterocycles. The topological polar surface area (TPSA) is 71.2 Å². The van der Waals surface area contributed by atoms with Crippen LogP contribution in [-0.4, -0.2) is 17.5 Å². The standard InChI is InChI=1S/C20H22N2O3/c23-19-10-9-16-17(21-19)5-2-6-18(16)22-20(24)12-25-15-8-7-13-3-1-4-14(13)11-15/h7-11,18H,1-6,12H2,(H,21,23)(H,22,24)/t18-/m1/s1. The predicted octanol–water partition coefficient (Wildman–Crippen LogP) is 2.44. The van der Waals surface area contributed by atoms with Gasteiger partial charge in [-0.1, -0.05) is 6.07 Å². The molecule has 0 bridgehead atoms. The largest absolute Gasteiger partial charge is 0.484 e. The Bertz CT molecular complexity index is 856. The number of hydrogen-bond acceptors (Lipinski definition) is 3. The van der Waals surface area contributed by atoms with Crippen molar-refractivity contribution in [3.63, 3.8) is 0 Å². The number of amides is 1. The van der Waals surface area contributed by atoms with Gasteiger partial charge in [-0.2, -0.15) is 0 Å². The Kier molecular flexibility index (Phi) is 4.30. The summed E-state index contributed by atoms with van der Waals surface area (Å²) in [4.78, 5) is 26.6. The summed E-state index contributed by atoms with van der Waals surface area (Å²) in [5, 5.41) is 3.03. The molecule has 2 aliphatic rings. The number of rotatable bonds is 4. The van der Waals surface area contributed by atoms with E-state index < -0.39 is 0 Å². The van der Waals surface area contributed by atoms with Crippen LogP contribution in [0, 0.1) is 0 Å². The van der Waals surface area contributed by atoms with E-state index in [1.54, 1.807) is 0 Å². The van der Waals surface area contributed by atoms with Crippen molar-refractivity contribution < 1.29 is 9.53 Å². The Morgan fingerprint density at radius 2 is 2.00 bits per heavy atom. The minimum Gasteiger partial charge on any atom is -0.484 e. The van der Waals surface area contributed by atoms with Crippen LogP contribution in [0.2, 0.25) is 0 Å². The third kappa shape index (κ3) is 3.45. The van der Waals surface area contributed by atoms with Crippen molar-refractivity contribution in [2.45, 2.75) is 44.6 Å². The van der Waals surface area contributed by atoms with Crippen LogP contribution >= 0.6 is 0 Å². The van der Waals surface area contributed by atoms with Crippen LogP contribution in [0.4, 0.5) is 0 Å². The lowest BCUT2D eigenvalue weighted by Gasteiger charge is -2.25. The molecule has 0 radical (unpaired) electrons. The van der Waals surface area contributed by atoms with Crippen LogP contribution in [-0.2, 0) is 24.1 Å². The van der Waals surface area contributed by atoms with Crippen molar-refractivity contribution in [2.24, 2.45) is 0 Å². The second-order valence-electron chi connectivity index (χ2n) is 6.84. The normalized spacial score (nSPS) is 18.3. The van der Waals surface area contributed by atoms with Gasteiger partial charge >= 0.3 is 0 Å². The molecule has 5 nitrogen and oxygen atoms in total. The Morgan fingerprint density at radius 1 is 1.12 bits per heavy atom. The molecule has 1 aromatic carbocycles. The van der Waals surface area contributed by atoms with Gasteiger partial charge in [0, 0.05) is 11.8 Å². The molecule has 2 N–H and O–H groups in total. The number of aromatic amines is 1. The molecule has 2 aliphatic carbocycles. The summed E-state index contributed by atoms with van der Waals surface area (Å²) in [7, 11) is 0. The molecule has 130 valence electrons. The minimum absolute atomic E-state index is 0.00791. The molecule has 1 heterocycles. The maximum absolute atomic E-state index is 12.3. The molecular formula is C20H22N2O3. The third-order valence-electron chi connectivity index (χ3n) is 5.11. The second kappa shape index (κ2) is 6.75. The number of pyridine rings is 1. The minimum atomic E-state index is -0.135. The number of aryl methyl sites for hydroxylation is 3. The van der Waals surface area contributed by atoms with Gasteiger partial charge in [0.15, 0.2) is 6.61 Å². The Balaban J connectivity index is 1.38.